The first-order valence-corrected chi connectivity index (χ1v) is 5.65. The summed E-state index contributed by atoms with van der Waals surface area (Å²) in [6, 6.07) is 1.58. The molecule has 3 rings (SSSR count). The van der Waals surface area contributed by atoms with Crippen LogP contribution >= 0.6 is 0 Å². The fourth-order valence-electron chi connectivity index (χ4n) is 2.23. The zero-order chi connectivity index (χ0) is 14.6. The van der Waals surface area contributed by atoms with Gasteiger partial charge in [-0.2, -0.15) is 0 Å². The van der Waals surface area contributed by atoms with Gasteiger partial charge in [-0.3, -0.25) is 14.6 Å². The van der Waals surface area contributed by atoms with E-state index in [4.69, 9.17) is 0 Å². The van der Waals surface area contributed by atoms with Crippen molar-refractivity contribution in [3.8, 4) is 0 Å². The Bertz CT molecular complexity index is 797. The predicted octanol–water partition coefficient (Wildman–Crippen LogP) is 2.58. The molecule has 0 fully saturated rings. The minimum atomic E-state index is -1.52. The van der Waals surface area contributed by atoms with Gasteiger partial charge in [0.1, 0.15) is 5.82 Å². The third-order valence-electron chi connectivity index (χ3n) is 3.16. The molecule has 0 N–H and O–H groups in total. The lowest BCUT2D eigenvalue weighted by atomic mass is 9.84. The second-order valence-corrected chi connectivity index (χ2v) is 4.43. The van der Waals surface area contributed by atoms with Gasteiger partial charge in [0.15, 0.2) is 23.2 Å². The van der Waals surface area contributed by atoms with Crippen LogP contribution in [0, 0.1) is 24.4 Å². The number of ketones is 2. The maximum absolute atomic E-state index is 13.7. The molecule has 0 atom stereocenters. The minimum absolute atomic E-state index is 0.0556. The molecule has 3 nitrogen and oxygen atoms in total. The Morgan fingerprint density at radius 1 is 0.900 bits per heavy atom. The third-order valence-corrected chi connectivity index (χ3v) is 3.16. The maximum atomic E-state index is 13.7. The molecule has 6 heteroatoms. The van der Waals surface area contributed by atoms with Gasteiger partial charge in [-0.1, -0.05) is 0 Å². The first-order valence-electron chi connectivity index (χ1n) is 5.65. The van der Waals surface area contributed by atoms with Crippen LogP contribution in [0.15, 0.2) is 18.3 Å². The van der Waals surface area contributed by atoms with Gasteiger partial charge in [0.05, 0.1) is 16.7 Å². The van der Waals surface area contributed by atoms with Gasteiger partial charge in [-0.15, -0.1) is 0 Å². The Morgan fingerprint density at radius 2 is 1.55 bits per heavy atom. The van der Waals surface area contributed by atoms with Crippen LogP contribution in [0.1, 0.15) is 37.5 Å². The number of halogens is 3. The number of rotatable bonds is 0. The highest BCUT2D eigenvalue weighted by atomic mass is 19.2. The molecule has 100 valence electrons. The van der Waals surface area contributed by atoms with Crippen LogP contribution in [-0.4, -0.2) is 16.6 Å². The van der Waals surface area contributed by atoms with E-state index in [1.54, 1.807) is 6.92 Å². The van der Waals surface area contributed by atoms with E-state index in [0.717, 1.165) is 6.20 Å². The number of hydrogen-bond acceptors (Lipinski definition) is 3. The van der Waals surface area contributed by atoms with Crippen molar-refractivity contribution in [3.63, 3.8) is 0 Å². The third kappa shape index (κ3) is 1.51. The van der Waals surface area contributed by atoms with Crippen LogP contribution in [0.3, 0.4) is 0 Å². The largest absolute Gasteiger partial charge is 0.288 e. The number of nitrogens with zero attached hydrogens (tertiary/aromatic N) is 1. The lowest BCUT2D eigenvalue weighted by Crippen LogP contribution is -2.25. The van der Waals surface area contributed by atoms with E-state index < -0.39 is 40.1 Å². The van der Waals surface area contributed by atoms with Crippen molar-refractivity contribution in [2.24, 2.45) is 0 Å². The van der Waals surface area contributed by atoms with Crippen LogP contribution in [0.2, 0.25) is 0 Å². The molecule has 0 aliphatic heterocycles. The standard InChI is InChI=1S/C14H6F3NO2/c1-5-2-6-7(4-18-5)14(20)11-10(13(6)19)8(15)3-9(16)12(11)17/h2-4H,1H3. The molecule has 1 aromatic carbocycles. The molecule has 0 unspecified atom stereocenters. The Kier molecular flexibility index (Phi) is 2.50. The van der Waals surface area contributed by atoms with Crippen molar-refractivity contribution in [2.45, 2.75) is 6.92 Å². The number of aryl methyl sites for hydroxylation is 1. The van der Waals surface area contributed by atoms with Gasteiger partial charge in [0.25, 0.3) is 0 Å². The number of carbonyl (C=O) groups is 2. The minimum Gasteiger partial charge on any atom is -0.288 e. The van der Waals surface area contributed by atoms with E-state index in [1.165, 1.54) is 6.07 Å². The Morgan fingerprint density at radius 3 is 2.25 bits per heavy atom. The zero-order valence-electron chi connectivity index (χ0n) is 10.1. The number of pyridine rings is 1. The van der Waals surface area contributed by atoms with E-state index in [1.807, 2.05) is 0 Å². The summed E-state index contributed by atoms with van der Waals surface area (Å²) >= 11 is 0. The molecular formula is C14H6F3NO2. The molecular weight excluding hydrogens is 271 g/mol. The lowest BCUT2D eigenvalue weighted by molar-refractivity contribution is 0.0970. The normalized spacial score (nSPS) is 13.2. The van der Waals surface area contributed by atoms with Gasteiger partial charge >= 0.3 is 0 Å². The smallest absolute Gasteiger partial charge is 0.199 e. The second-order valence-electron chi connectivity index (χ2n) is 4.43. The molecule has 2 aromatic rings. The Labute approximate surface area is 111 Å². The van der Waals surface area contributed by atoms with Crippen LogP contribution < -0.4 is 0 Å². The molecule has 20 heavy (non-hydrogen) atoms. The summed E-state index contributed by atoms with van der Waals surface area (Å²) in [6.45, 7) is 1.59. The first-order chi connectivity index (χ1) is 9.41. The van der Waals surface area contributed by atoms with Crippen LogP contribution in [0.5, 0.6) is 0 Å². The average Bonchev–Trinajstić information content (AvgIpc) is 2.40. The Balaban J connectivity index is 2.41. The summed E-state index contributed by atoms with van der Waals surface area (Å²) in [5, 5.41) is 0. The van der Waals surface area contributed by atoms with Crippen molar-refractivity contribution in [1.82, 2.24) is 4.98 Å². The predicted molar refractivity (Wildman–Crippen MR) is 62.2 cm³/mol. The van der Waals surface area contributed by atoms with Gasteiger partial charge < -0.3 is 0 Å². The highest BCUT2D eigenvalue weighted by molar-refractivity contribution is 6.28. The maximum Gasteiger partial charge on any atom is 0.199 e. The number of carbonyl (C=O) groups excluding carboxylic acids is 2. The van der Waals surface area contributed by atoms with Crippen molar-refractivity contribution in [1.29, 1.82) is 0 Å². The molecule has 0 saturated heterocycles. The van der Waals surface area contributed by atoms with Crippen molar-refractivity contribution in [3.05, 3.63) is 63.7 Å². The molecule has 1 aliphatic rings. The molecule has 1 heterocycles. The summed E-state index contributed by atoms with van der Waals surface area (Å²) < 4.78 is 40.7. The number of benzene rings is 1. The van der Waals surface area contributed by atoms with Gasteiger partial charge in [-0.25, -0.2) is 13.2 Å². The topological polar surface area (TPSA) is 47.0 Å². The van der Waals surface area contributed by atoms with Gasteiger partial charge in [-0.05, 0) is 13.0 Å². The molecule has 0 saturated carbocycles. The van der Waals surface area contributed by atoms with Crippen LogP contribution in [0.4, 0.5) is 13.2 Å². The number of fused-ring (bicyclic) bond motifs is 2. The highest BCUT2D eigenvalue weighted by Gasteiger charge is 2.36. The van der Waals surface area contributed by atoms with Crippen molar-refractivity contribution in [2.75, 3.05) is 0 Å². The summed E-state index contributed by atoms with van der Waals surface area (Å²) in [6.07, 6.45) is 1.11. The van der Waals surface area contributed by atoms with Crippen molar-refractivity contribution < 1.29 is 22.8 Å². The highest BCUT2D eigenvalue weighted by Crippen LogP contribution is 2.31. The van der Waals surface area contributed by atoms with Crippen LogP contribution in [0.25, 0.3) is 0 Å². The fourth-order valence-corrected chi connectivity index (χ4v) is 2.23. The zero-order valence-corrected chi connectivity index (χ0v) is 10.1. The second kappa shape index (κ2) is 4.00. The molecule has 0 radical (unpaired) electrons. The number of hydrogen-bond donors (Lipinski definition) is 0. The lowest BCUT2D eigenvalue weighted by Gasteiger charge is -2.18. The summed E-state index contributed by atoms with van der Waals surface area (Å²) in [4.78, 5) is 28.1. The molecule has 0 spiro atoms. The van der Waals surface area contributed by atoms with Gasteiger partial charge in [0, 0.05) is 23.5 Å². The average molecular weight is 277 g/mol. The SMILES string of the molecule is Cc1cc2c(cn1)C(=O)c1c(F)c(F)cc(F)c1C2=O. The van der Waals surface area contributed by atoms with E-state index in [2.05, 4.69) is 4.98 Å². The number of aromatic nitrogens is 1. The summed E-state index contributed by atoms with van der Waals surface area (Å²) in [5.41, 5.74) is -1.36. The van der Waals surface area contributed by atoms with E-state index >= 15 is 0 Å². The Hall–Kier alpha value is -2.50. The summed E-state index contributed by atoms with van der Waals surface area (Å²) in [5.74, 6) is -6.08. The molecule has 1 aliphatic carbocycles. The monoisotopic (exact) mass is 277 g/mol. The van der Waals surface area contributed by atoms with E-state index in [0.29, 0.717) is 5.69 Å². The van der Waals surface area contributed by atoms with Crippen molar-refractivity contribution >= 4 is 11.6 Å². The van der Waals surface area contributed by atoms with Gasteiger partial charge in [0.2, 0.25) is 0 Å². The van der Waals surface area contributed by atoms with E-state index in [-0.39, 0.29) is 17.2 Å². The quantitative estimate of drug-likeness (QED) is 0.593. The van der Waals surface area contributed by atoms with Crippen LogP contribution in [-0.2, 0) is 0 Å². The first kappa shape index (κ1) is 12.5. The molecule has 1 aromatic heterocycles. The van der Waals surface area contributed by atoms with E-state index in [9.17, 15) is 22.8 Å². The fraction of sp³-hybridized carbons (Fsp3) is 0.0714. The molecule has 0 bridgehead atoms. The molecule has 0 amide bonds. The summed E-state index contributed by atoms with van der Waals surface area (Å²) in [7, 11) is 0.